The monoisotopic (exact) mass is 235 g/mol. The summed E-state index contributed by atoms with van der Waals surface area (Å²) in [6, 6.07) is 1.72. The van der Waals surface area contributed by atoms with E-state index in [9.17, 15) is 4.79 Å². The van der Waals surface area contributed by atoms with Crippen molar-refractivity contribution in [1.82, 2.24) is 5.32 Å². The average molecular weight is 235 g/mol. The maximum atomic E-state index is 10.8. The zero-order valence-corrected chi connectivity index (χ0v) is 10.1. The highest BCUT2D eigenvalue weighted by Gasteiger charge is 2.14. The molecule has 1 rings (SSSR count). The van der Waals surface area contributed by atoms with Crippen molar-refractivity contribution in [3.05, 3.63) is 23.2 Å². The third kappa shape index (κ3) is 3.65. The Morgan fingerprint density at radius 2 is 2.41 bits per heavy atom. The highest BCUT2D eigenvalue weighted by atomic mass is 16.4. The average Bonchev–Trinajstić information content (AvgIpc) is 2.66. The molecule has 4 heteroatoms. The molecule has 4 nitrogen and oxygen atoms in total. The normalized spacial score (nSPS) is 12.1. The molecule has 1 aromatic heterocycles. The molecule has 92 valence electrons. The minimum atomic E-state index is -1.05. The van der Waals surface area contributed by atoms with Crippen LogP contribution in [0.2, 0.25) is 0 Å². The number of aryl methyl sites for hydroxylation is 1. The van der Waals surface area contributed by atoms with Gasteiger partial charge in [-0.05, 0) is 19.4 Å². The van der Waals surface area contributed by atoms with E-state index >= 15 is 0 Å². The molecule has 0 saturated carbocycles. The van der Waals surface area contributed by atoms with Gasteiger partial charge in [0, 0.05) is 5.56 Å². The molecule has 0 spiro atoms. The predicted molar refractivity (Wildman–Crippen MR) is 64.8 cm³/mol. The van der Waals surface area contributed by atoms with Gasteiger partial charge in [0.15, 0.2) is 0 Å². The standard InChI is InChI=1S/C13H17NO3/c1-4-6-10(5-2)14-8-11-7-9(3)12(17-11)13(15)16/h2,7,10,14H,4,6,8H2,1,3H3,(H,15,16). The lowest BCUT2D eigenvalue weighted by Gasteiger charge is -2.09. The molecule has 1 heterocycles. The van der Waals surface area contributed by atoms with E-state index in [1.54, 1.807) is 13.0 Å². The molecule has 17 heavy (non-hydrogen) atoms. The van der Waals surface area contributed by atoms with E-state index in [2.05, 4.69) is 18.2 Å². The number of hydrogen-bond acceptors (Lipinski definition) is 3. The molecular formula is C13H17NO3. The number of carbonyl (C=O) groups is 1. The lowest BCUT2D eigenvalue weighted by molar-refractivity contribution is 0.0659. The van der Waals surface area contributed by atoms with Gasteiger partial charge in [0.2, 0.25) is 5.76 Å². The van der Waals surface area contributed by atoms with Gasteiger partial charge < -0.3 is 9.52 Å². The van der Waals surface area contributed by atoms with Crippen molar-refractivity contribution in [2.75, 3.05) is 0 Å². The number of terminal acetylenes is 1. The van der Waals surface area contributed by atoms with Crippen LogP contribution in [-0.4, -0.2) is 17.1 Å². The summed E-state index contributed by atoms with van der Waals surface area (Å²) in [5, 5.41) is 12.0. The Labute approximate surface area is 101 Å². The molecular weight excluding hydrogens is 218 g/mol. The first-order chi connectivity index (χ1) is 8.08. The summed E-state index contributed by atoms with van der Waals surface area (Å²) in [4.78, 5) is 10.8. The molecule has 1 atom stereocenters. The highest BCUT2D eigenvalue weighted by Crippen LogP contribution is 2.14. The molecule has 0 saturated heterocycles. The zero-order chi connectivity index (χ0) is 12.8. The van der Waals surface area contributed by atoms with Crippen LogP contribution in [0.3, 0.4) is 0 Å². The second-order valence-electron chi connectivity index (χ2n) is 3.92. The largest absolute Gasteiger partial charge is 0.475 e. The van der Waals surface area contributed by atoms with Crippen molar-refractivity contribution in [3.63, 3.8) is 0 Å². The van der Waals surface area contributed by atoms with Crippen LogP contribution in [0, 0.1) is 19.3 Å². The van der Waals surface area contributed by atoms with Crippen molar-refractivity contribution in [1.29, 1.82) is 0 Å². The summed E-state index contributed by atoms with van der Waals surface area (Å²) < 4.78 is 5.22. The molecule has 0 aliphatic carbocycles. The van der Waals surface area contributed by atoms with Crippen LogP contribution >= 0.6 is 0 Å². The van der Waals surface area contributed by atoms with Crippen LogP contribution in [0.1, 0.15) is 41.6 Å². The number of carboxylic acid groups (broad SMARTS) is 1. The van der Waals surface area contributed by atoms with Crippen molar-refractivity contribution in [2.24, 2.45) is 0 Å². The zero-order valence-electron chi connectivity index (χ0n) is 10.1. The number of rotatable bonds is 6. The lowest BCUT2D eigenvalue weighted by atomic mass is 10.2. The Morgan fingerprint density at radius 1 is 1.71 bits per heavy atom. The van der Waals surface area contributed by atoms with Gasteiger partial charge in [-0.25, -0.2) is 4.79 Å². The lowest BCUT2D eigenvalue weighted by Crippen LogP contribution is -2.26. The second kappa shape index (κ2) is 6.12. The van der Waals surface area contributed by atoms with E-state index in [0.717, 1.165) is 12.8 Å². The van der Waals surface area contributed by atoms with E-state index in [1.165, 1.54) is 0 Å². The number of carboxylic acids is 1. The molecule has 0 bridgehead atoms. The molecule has 2 N–H and O–H groups in total. The Kier molecular flexibility index (Phi) is 4.80. The molecule has 0 aliphatic rings. The maximum absolute atomic E-state index is 10.8. The van der Waals surface area contributed by atoms with Crippen LogP contribution in [0.4, 0.5) is 0 Å². The van der Waals surface area contributed by atoms with Gasteiger partial charge in [0.1, 0.15) is 5.76 Å². The summed E-state index contributed by atoms with van der Waals surface area (Å²) in [5.41, 5.74) is 0.627. The molecule has 1 aromatic rings. The number of aromatic carboxylic acids is 1. The molecule has 0 aromatic carbocycles. The van der Waals surface area contributed by atoms with E-state index in [4.69, 9.17) is 15.9 Å². The van der Waals surface area contributed by atoms with Crippen LogP contribution < -0.4 is 5.32 Å². The summed E-state index contributed by atoms with van der Waals surface area (Å²) in [6.45, 7) is 4.22. The molecule has 0 amide bonds. The summed E-state index contributed by atoms with van der Waals surface area (Å²) >= 11 is 0. The van der Waals surface area contributed by atoms with Crippen LogP contribution in [0.15, 0.2) is 10.5 Å². The second-order valence-corrected chi connectivity index (χ2v) is 3.92. The fourth-order valence-electron chi connectivity index (χ4n) is 1.60. The van der Waals surface area contributed by atoms with E-state index < -0.39 is 5.97 Å². The van der Waals surface area contributed by atoms with Gasteiger partial charge in [-0.3, -0.25) is 5.32 Å². The predicted octanol–water partition coefficient (Wildman–Crippen LogP) is 2.18. The first-order valence-electron chi connectivity index (χ1n) is 5.60. The maximum Gasteiger partial charge on any atom is 0.372 e. The summed E-state index contributed by atoms with van der Waals surface area (Å²) in [6.07, 6.45) is 7.26. The van der Waals surface area contributed by atoms with Gasteiger partial charge in [-0.1, -0.05) is 19.3 Å². The molecule has 1 unspecified atom stereocenters. The minimum absolute atomic E-state index is 0.00122. The summed E-state index contributed by atoms with van der Waals surface area (Å²) in [5.74, 6) is 2.19. The van der Waals surface area contributed by atoms with Gasteiger partial charge >= 0.3 is 5.97 Å². The Bertz CT molecular complexity index is 428. The van der Waals surface area contributed by atoms with Crippen LogP contribution in [0.25, 0.3) is 0 Å². The van der Waals surface area contributed by atoms with Crippen LogP contribution in [-0.2, 0) is 6.54 Å². The van der Waals surface area contributed by atoms with E-state index in [1.807, 2.05) is 0 Å². The number of nitrogens with one attached hydrogen (secondary N) is 1. The van der Waals surface area contributed by atoms with E-state index in [-0.39, 0.29) is 11.8 Å². The van der Waals surface area contributed by atoms with Crippen LogP contribution in [0.5, 0.6) is 0 Å². The summed E-state index contributed by atoms with van der Waals surface area (Å²) in [7, 11) is 0. The minimum Gasteiger partial charge on any atom is -0.475 e. The van der Waals surface area contributed by atoms with Gasteiger partial charge in [-0.2, -0.15) is 0 Å². The van der Waals surface area contributed by atoms with Crippen molar-refractivity contribution < 1.29 is 14.3 Å². The molecule has 0 aliphatic heterocycles. The third-order valence-electron chi connectivity index (χ3n) is 2.46. The fraction of sp³-hybridized carbons (Fsp3) is 0.462. The van der Waals surface area contributed by atoms with Gasteiger partial charge in [0.25, 0.3) is 0 Å². The third-order valence-corrected chi connectivity index (χ3v) is 2.46. The van der Waals surface area contributed by atoms with Gasteiger partial charge in [-0.15, -0.1) is 6.42 Å². The van der Waals surface area contributed by atoms with Crippen molar-refractivity contribution in [3.8, 4) is 12.3 Å². The smallest absolute Gasteiger partial charge is 0.372 e. The SMILES string of the molecule is C#CC(CCC)NCc1cc(C)c(C(=O)O)o1. The number of furan rings is 1. The molecule has 0 fully saturated rings. The first kappa shape index (κ1) is 13.3. The van der Waals surface area contributed by atoms with Gasteiger partial charge in [0.05, 0.1) is 12.6 Å². The number of hydrogen-bond donors (Lipinski definition) is 2. The first-order valence-corrected chi connectivity index (χ1v) is 5.60. The topological polar surface area (TPSA) is 62.5 Å². The Hall–Kier alpha value is -1.73. The Morgan fingerprint density at radius 3 is 2.88 bits per heavy atom. The fourth-order valence-corrected chi connectivity index (χ4v) is 1.60. The van der Waals surface area contributed by atoms with Crippen molar-refractivity contribution >= 4 is 5.97 Å². The molecule has 0 radical (unpaired) electrons. The van der Waals surface area contributed by atoms with E-state index in [0.29, 0.717) is 17.9 Å². The quantitative estimate of drug-likeness (QED) is 0.742. The van der Waals surface area contributed by atoms with Crippen molar-refractivity contribution in [2.45, 2.75) is 39.3 Å². The Balaban J connectivity index is 2.61. The highest BCUT2D eigenvalue weighted by molar-refractivity contribution is 5.86.